The van der Waals surface area contributed by atoms with Crippen molar-refractivity contribution in [1.29, 1.82) is 0 Å². The van der Waals surface area contributed by atoms with Crippen molar-refractivity contribution >= 4 is 11.6 Å². The molecule has 0 N–H and O–H groups in total. The number of Topliss-reactive ketones (excluding diaryl/α,β-unsaturated/α-hetero) is 2. The highest BCUT2D eigenvalue weighted by atomic mass is 16.5. The zero-order valence-corrected chi connectivity index (χ0v) is 18.5. The molecular formula is C26H32N2O3. The van der Waals surface area contributed by atoms with Gasteiger partial charge in [-0.15, -0.1) is 0 Å². The van der Waals surface area contributed by atoms with Crippen LogP contribution in [0, 0.1) is 0 Å². The molecule has 2 aromatic carbocycles. The Kier molecular flexibility index (Phi) is 6.96. The number of benzene rings is 2. The third kappa shape index (κ3) is 4.95. The third-order valence-electron chi connectivity index (χ3n) is 6.58. The van der Waals surface area contributed by atoms with Crippen LogP contribution in [0.1, 0.15) is 55.0 Å². The smallest absolute Gasteiger partial charge is 0.151 e. The van der Waals surface area contributed by atoms with Gasteiger partial charge in [-0.25, -0.2) is 0 Å². The molecule has 0 saturated carbocycles. The third-order valence-corrected chi connectivity index (χ3v) is 6.58. The van der Waals surface area contributed by atoms with Gasteiger partial charge >= 0.3 is 0 Å². The van der Waals surface area contributed by atoms with E-state index in [1.165, 1.54) is 5.56 Å². The molecule has 164 valence electrons. The molecule has 0 bridgehead atoms. The van der Waals surface area contributed by atoms with Crippen LogP contribution in [0.25, 0.3) is 0 Å². The minimum absolute atomic E-state index is 0.174. The van der Waals surface area contributed by atoms with Gasteiger partial charge in [-0.1, -0.05) is 54.6 Å². The van der Waals surface area contributed by atoms with Crippen molar-refractivity contribution in [1.82, 2.24) is 9.80 Å². The van der Waals surface area contributed by atoms with E-state index in [2.05, 4.69) is 34.1 Å². The van der Waals surface area contributed by atoms with Gasteiger partial charge in [0.1, 0.15) is 0 Å². The summed E-state index contributed by atoms with van der Waals surface area (Å²) in [6.07, 6.45) is 1.02. The van der Waals surface area contributed by atoms with E-state index in [1.807, 2.05) is 30.3 Å². The number of nitrogens with zero attached hydrogens (tertiary/aromatic N) is 2. The van der Waals surface area contributed by atoms with Gasteiger partial charge in [0.25, 0.3) is 0 Å². The lowest BCUT2D eigenvalue weighted by atomic mass is 9.92. The number of carbonyl (C=O) groups excluding carboxylic acids is 2. The van der Waals surface area contributed by atoms with Gasteiger partial charge in [-0.3, -0.25) is 19.4 Å². The van der Waals surface area contributed by atoms with E-state index in [-0.39, 0.29) is 23.7 Å². The van der Waals surface area contributed by atoms with Gasteiger partial charge in [0.2, 0.25) is 0 Å². The number of hydrogen-bond donors (Lipinski definition) is 0. The Morgan fingerprint density at radius 1 is 0.839 bits per heavy atom. The Bertz CT molecular complexity index is 908. The Hall–Kier alpha value is -2.34. The molecule has 2 aliphatic rings. The molecule has 0 aliphatic carbocycles. The highest BCUT2D eigenvalue weighted by molar-refractivity contribution is 5.83. The van der Waals surface area contributed by atoms with Crippen LogP contribution in [0.4, 0.5) is 0 Å². The zero-order chi connectivity index (χ0) is 21.8. The second-order valence-electron chi connectivity index (χ2n) is 8.74. The van der Waals surface area contributed by atoms with Crippen molar-refractivity contribution in [3.05, 3.63) is 71.3 Å². The number of rotatable bonds is 7. The van der Waals surface area contributed by atoms with E-state index in [1.54, 1.807) is 13.8 Å². The van der Waals surface area contributed by atoms with Crippen LogP contribution in [0.15, 0.2) is 54.6 Å². The van der Waals surface area contributed by atoms with Gasteiger partial charge < -0.3 is 4.74 Å². The number of carbonyl (C=O) groups is 2. The Balaban J connectivity index is 1.53. The number of hydrogen-bond acceptors (Lipinski definition) is 5. The van der Waals surface area contributed by atoms with Crippen molar-refractivity contribution in [3.8, 4) is 0 Å². The van der Waals surface area contributed by atoms with E-state index in [0.717, 1.165) is 43.7 Å². The maximum Gasteiger partial charge on any atom is 0.151 e. The molecule has 3 atom stereocenters. The van der Waals surface area contributed by atoms with Crippen molar-refractivity contribution in [3.63, 3.8) is 0 Å². The van der Waals surface area contributed by atoms with Crippen molar-refractivity contribution < 1.29 is 14.3 Å². The maximum atomic E-state index is 12.5. The second-order valence-corrected chi connectivity index (χ2v) is 8.74. The van der Waals surface area contributed by atoms with E-state index in [0.29, 0.717) is 19.1 Å². The fourth-order valence-corrected chi connectivity index (χ4v) is 5.15. The van der Waals surface area contributed by atoms with Crippen LogP contribution in [0.3, 0.4) is 0 Å². The molecule has 2 saturated heterocycles. The molecule has 3 unspecified atom stereocenters. The molecule has 2 fully saturated rings. The summed E-state index contributed by atoms with van der Waals surface area (Å²) in [7, 11) is 0. The summed E-state index contributed by atoms with van der Waals surface area (Å²) in [5.74, 6) is 0.722. The first-order valence-corrected chi connectivity index (χ1v) is 11.3. The molecule has 2 heterocycles. The molecule has 0 radical (unpaired) electrons. The number of ether oxygens (including phenoxy) is 1. The van der Waals surface area contributed by atoms with Gasteiger partial charge in [-0.2, -0.15) is 0 Å². The Morgan fingerprint density at radius 3 is 2.16 bits per heavy atom. The summed E-state index contributed by atoms with van der Waals surface area (Å²) in [5, 5.41) is 0. The minimum Gasteiger partial charge on any atom is -0.379 e. The second kappa shape index (κ2) is 9.86. The quantitative estimate of drug-likeness (QED) is 0.683. The zero-order valence-electron chi connectivity index (χ0n) is 18.5. The summed E-state index contributed by atoms with van der Waals surface area (Å²) in [6, 6.07) is 18.2. The first kappa shape index (κ1) is 21.9. The fraction of sp³-hybridized carbons (Fsp3) is 0.462. The lowest BCUT2D eigenvalue weighted by Crippen LogP contribution is -2.41. The normalized spacial score (nSPS) is 22.2. The number of morpholine rings is 1. The van der Waals surface area contributed by atoms with E-state index < -0.39 is 0 Å². The molecule has 0 spiro atoms. The molecule has 0 amide bonds. The molecule has 4 rings (SSSR count). The lowest BCUT2D eigenvalue weighted by molar-refractivity contribution is -0.124. The van der Waals surface area contributed by atoms with Crippen LogP contribution < -0.4 is 0 Å². The number of ketones is 2. The van der Waals surface area contributed by atoms with E-state index in [4.69, 9.17) is 4.74 Å². The van der Waals surface area contributed by atoms with Crippen LogP contribution in [-0.2, 0) is 14.3 Å². The predicted octanol–water partition coefficient (Wildman–Crippen LogP) is 3.77. The van der Waals surface area contributed by atoms with Crippen molar-refractivity contribution in [2.45, 2.75) is 38.3 Å². The highest BCUT2D eigenvalue weighted by Gasteiger charge is 2.33. The fourth-order valence-electron chi connectivity index (χ4n) is 5.15. The van der Waals surface area contributed by atoms with E-state index >= 15 is 0 Å². The van der Waals surface area contributed by atoms with Gasteiger partial charge in [0.15, 0.2) is 11.6 Å². The predicted molar refractivity (Wildman–Crippen MR) is 121 cm³/mol. The largest absolute Gasteiger partial charge is 0.379 e. The van der Waals surface area contributed by atoms with Crippen molar-refractivity contribution in [2.24, 2.45) is 0 Å². The Labute approximate surface area is 185 Å². The number of likely N-dealkylation sites (tertiary alicyclic amines) is 1. The van der Waals surface area contributed by atoms with Gasteiger partial charge in [0, 0.05) is 19.6 Å². The summed E-state index contributed by atoms with van der Waals surface area (Å²) < 4.78 is 5.47. The Morgan fingerprint density at radius 2 is 1.48 bits per heavy atom. The highest BCUT2D eigenvalue weighted by Crippen LogP contribution is 2.35. The summed E-state index contributed by atoms with van der Waals surface area (Å²) >= 11 is 0. The summed E-state index contributed by atoms with van der Waals surface area (Å²) in [5.41, 5.74) is 3.39. The molecule has 0 aromatic heterocycles. The standard InChI is InChI=1S/C26H32N2O3/c1-19(29)25(21-7-4-3-5-8-21)28-12-11-24(18-28)22-9-6-10-23(17-22)26(20(2)30)27-13-15-31-16-14-27/h3-10,17,24-26H,11-16,18H2,1-2H3. The molecular weight excluding hydrogens is 388 g/mol. The van der Waals surface area contributed by atoms with Gasteiger partial charge in [-0.05, 0) is 49.4 Å². The maximum absolute atomic E-state index is 12.5. The van der Waals surface area contributed by atoms with Crippen molar-refractivity contribution in [2.75, 3.05) is 39.4 Å². The van der Waals surface area contributed by atoms with Crippen LogP contribution >= 0.6 is 0 Å². The first-order valence-electron chi connectivity index (χ1n) is 11.3. The van der Waals surface area contributed by atoms with E-state index in [9.17, 15) is 9.59 Å². The minimum atomic E-state index is -0.212. The summed E-state index contributed by atoms with van der Waals surface area (Å²) in [6.45, 7) is 8.03. The van der Waals surface area contributed by atoms with Crippen LogP contribution in [0.5, 0.6) is 0 Å². The average molecular weight is 421 g/mol. The molecule has 5 heteroatoms. The molecule has 2 aromatic rings. The topological polar surface area (TPSA) is 49.9 Å². The first-order chi connectivity index (χ1) is 15.0. The average Bonchev–Trinajstić information content (AvgIpc) is 3.25. The van der Waals surface area contributed by atoms with Gasteiger partial charge in [0.05, 0.1) is 25.3 Å². The lowest BCUT2D eigenvalue weighted by Gasteiger charge is -2.33. The molecule has 31 heavy (non-hydrogen) atoms. The molecule has 5 nitrogen and oxygen atoms in total. The van der Waals surface area contributed by atoms with Crippen LogP contribution in [0.2, 0.25) is 0 Å². The SMILES string of the molecule is CC(=O)C(c1cccc(C2CCN(C(C(C)=O)c3ccccc3)C2)c1)N1CCOCC1. The monoisotopic (exact) mass is 420 g/mol. The molecule has 2 aliphatic heterocycles. The van der Waals surface area contributed by atoms with Crippen LogP contribution in [-0.4, -0.2) is 60.8 Å². The summed E-state index contributed by atoms with van der Waals surface area (Å²) in [4.78, 5) is 29.5.